The maximum absolute atomic E-state index is 11.1. The first-order valence-corrected chi connectivity index (χ1v) is 13.8. The summed E-state index contributed by atoms with van der Waals surface area (Å²) in [6.07, 6.45) is 2.02. The zero-order valence-electron chi connectivity index (χ0n) is 20.1. The van der Waals surface area contributed by atoms with Crippen LogP contribution < -0.4 is 20.9 Å². The summed E-state index contributed by atoms with van der Waals surface area (Å²) in [6.45, 7) is 1.13. The van der Waals surface area contributed by atoms with Crippen LogP contribution in [-0.2, 0) is 55.6 Å². The van der Waals surface area contributed by atoms with Gasteiger partial charge >= 0.3 is 11.9 Å². The highest BCUT2D eigenvalue weighted by atomic mass is 32.2. The number of aliphatic carboxylic acids is 2. The van der Waals surface area contributed by atoms with Gasteiger partial charge in [-0.15, -0.1) is 0 Å². The molecule has 0 aliphatic carbocycles. The zero-order chi connectivity index (χ0) is 26.9. The van der Waals surface area contributed by atoms with Crippen LogP contribution in [0.5, 0.6) is 0 Å². The number of hydrogen-bond acceptors (Lipinski definition) is 8. The number of nitrogens with one attached hydrogen (secondary N) is 2. The fraction of sp³-hybridized carbons (Fsp3) is 0.273. The fourth-order valence-electron chi connectivity index (χ4n) is 3.46. The summed E-state index contributed by atoms with van der Waals surface area (Å²) in [5.41, 5.74) is 4.41. The van der Waals surface area contributed by atoms with Gasteiger partial charge in [-0.3, -0.25) is 10.6 Å². The van der Waals surface area contributed by atoms with E-state index in [1.807, 2.05) is 48.5 Å². The number of rotatable bonds is 4. The SMILES string of the molecule is NS(=O)(=O)C1Cc2ccccc2CN1.NS(=O)(=O)C1Cc2ccccc2CN1.O.O.O=C(O)/C=C/C(=O)O. The minimum atomic E-state index is -3.48. The Labute approximate surface area is 220 Å². The molecule has 4 rings (SSSR count). The summed E-state index contributed by atoms with van der Waals surface area (Å²) in [5, 5.41) is 30.3. The summed E-state index contributed by atoms with van der Waals surface area (Å²) < 4.78 is 44.4. The first-order chi connectivity index (χ1) is 16.8. The summed E-state index contributed by atoms with van der Waals surface area (Å²) in [4.78, 5) is 19.1. The van der Waals surface area contributed by atoms with E-state index < -0.39 is 42.7 Å². The van der Waals surface area contributed by atoms with E-state index in [9.17, 15) is 26.4 Å². The van der Waals surface area contributed by atoms with Crippen LogP contribution in [0.4, 0.5) is 0 Å². The van der Waals surface area contributed by atoms with E-state index in [0.717, 1.165) is 22.3 Å². The molecule has 2 heterocycles. The minimum absolute atomic E-state index is 0. The molecule has 12 N–H and O–H groups in total. The third kappa shape index (κ3) is 11.4. The van der Waals surface area contributed by atoms with Gasteiger partial charge in [0.25, 0.3) is 0 Å². The van der Waals surface area contributed by atoms with E-state index >= 15 is 0 Å². The van der Waals surface area contributed by atoms with E-state index in [1.54, 1.807) is 0 Å². The maximum Gasteiger partial charge on any atom is 0.328 e. The van der Waals surface area contributed by atoms with Gasteiger partial charge in [0.1, 0.15) is 10.7 Å². The molecule has 14 nitrogen and oxygen atoms in total. The molecule has 0 bridgehead atoms. The van der Waals surface area contributed by atoms with Crippen molar-refractivity contribution in [3.63, 3.8) is 0 Å². The number of sulfonamides is 2. The number of carbonyl (C=O) groups is 2. The molecule has 0 saturated heterocycles. The summed E-state index contributed by atoms with van der Waals surface area (Å²) in [5.74, 6) is -2.51. The Balaban J connectivity index is 0.000000549. The molecule has 2 aromatic rings. The second-order valence-corrected chi connectivity index (χ2v) is 11.4. The van der Waals surface area contributed by atoms with Gasteiger partial charge in [0.05, 0.1) is 0 Å². The Hall–Kier alpha value is -3.22. The van der Waals surface area contributed by atoms with Crippen LogP contribution in [0.3, 0.4) is 0 Å². The van der Waals surface area contributed by atoms with Crippen molar-refractivity contribution < 1.29 is 47.6 Å². The molecule has 0 amide bonds. The van der Waals surface area contributed by atoms with Crippen LogP contribution in [0.1, 0.15) is 22.3 Å². The highest BCUT2D eigenvalue weighted by Crippen LogP contribution is 2.18. The standard InChI is InChI=1S/2C9H12N2O2S.C4H4O4.2H2O/c2*10-14(12,13)9-5-7-3-1-2-4-8(7)6-11-9;5-3(6)1-2-4(7)8;;/h2*1-4,9,11H,5-6H2,(H2,10,12,13);1-2H,(H,5,6)(H,7,8);2*1H2/b;;2-1+;;. The first kappa shape index (κ1) is 34.8. The van der Waals surface area contributed by atoms with E-state index in [4.69, 9.17) is 20.5 Å². The maximum atomic E-state index is 11.1. The first-order valence-electron chi connectivity index (χ1n) is 10.5. The minimum Gasteiger partial charge on any atom is -0.478 e. The molecule has 212 valence electrons. The number of carboxylic acid groups (broad SMARTS) is 2. The Morgan fingerprint density at radius 1 is 0.684 bits per heavy atom. The molecule has 0 fully saturated rings. The highest BCUT2D eigenvalue weighted by molar-refractivity contribution is 7.90. The fourth-order valence-corrected chi connectivity index (χ4v) is 4.91. The average Bonchev–Trinajstić information content (AvgIpc) is 2.82. The molecule has 2 aromatic carbocycles. The highest BCUT2D eigenvalue weighted by Gasteiger charge is 2.26. The van der Waals surface area contributed by atoms with Crippen LogP contribution in [0, 0.1) is 0 Å². The molecule has 2 unspecified atom stereocenters. The van der Waals surface area contributed by atoms with Gasteiger partial charge in [-0.05, 0) is 22.3 Å². The second kappa shape index (κ2) is 15.3. The monoisotopic (exact) mass is 576 g/mol. The van der Waals surface area contributed by atoms with E-state index in [2.05, 4.69) is 10.6 Å². The van der Waals surface area contributed by atoms with Crippen LogP contribution in [0.25, 0.3) is 0 Å². The zero-order valence-corrected chi connectivity index (χ0v) is 21.7. The lowest BCUT2D eigenvalue weighted by molar-refractivity contribution is -0.134. The van der Waals surface area contributed by atoms with Crippen molar-refractivity contribution in [1.82, 2.24) is 10.6 Å². The van der Waals surface area contributed by atoms with Crippen LogP contribution in [0.15, 0.2) is 60.7 Å². The lowest BCUT2D eigenvalue weighted by Crippen LogP contribution is -2.44. The Morgan fingerprint density at radius 2 is 0.974 bits per heavy atom. The third-order valence-corrected chi connectivity index (χ3v) is 7.50. The number of fused-ring (bicyclic) bond motifs is 2. The summed E-state index contributed by atoms with van der Waals surface area (Å²) >= 11 is 0. The van der Waals surface area contributed by atoms with Gasteiger partial charge in [0, 0.05) is 38.1 Å². The molecule has 0 spiro atoms. The summed E-state index contributed by atoms with van der Waals surface area (Å²) in [7, 11) is -6.96. The van der Waals surface area contributed by atoms with Gasteiger partial charge in [-0.1, -0.05) is 48.5 Å². The third-order valence-electron chi connectivity index (χ3n) is 5.25. The second-order valence-electron chi connectivity index (χ2n) is 7.87. The van der Waals surface area contributed by atoms with Gasteiger partial charge in [0.15, 0.2) is 0 Å². The molecule has 0 saturated carbocycles. The van der Waals surface area contributed by atoms with Crippen LogP contribution in [-0.4, -0.2) is 60.7 Å². The molecular weight excluding hydrogens is 544 g/mol. The summed E-state index contributed by atoms with van der Waals surface area (Å²) in [6, 6.07) is 15.6. The molecule has 2 aliphatic heterocycles. The van der Waals surface area contributed by atoms with Crippen LogP contribution >= 0.6 is 0 Å². The lowest BCUT2D eigenvalue weighted by Gasteiger charge is -2.24. The van der Waals surface area contributed by atoms with Crippen molar-refractivity contribution in [3.8, 4) is 0 Å². The number of carboxylic acids is 2. The molecule has 2 aliphatic rings. The molecular formula is C22H32N4O10S2. The Kier molecular flexibility index (Phi) is 14.0. The number of hydrogen-bond donors (Lipinski definition) is 6. The van der Waals surface area contributed by atoms with Gasteiger partial charge in [0.2, 0.25) is 20.0 Å². The van der Waals surface area contributed by atoms with Gasteiger partial charge in [-0.25, -0.2) is 36.7 Å². The van der Waals surface area contributed by atoms with Gasteiger partial charge < -0.3 is 21.2 Å². The molecule has 2 atom stereocenters. The number of nitrogens with two attached hydrogens (primary N) is 2. The topological polar surface area (TPSA) is 282 Å². The Bertz CT molecular complexity index is 1230. The molecule has 0 aromatic heterocycles. The Morgan fingerprint density at radius 3 is 1.24 bits per heavy atom. The number of primary sulfonamides is 2. The lowest BCUT2D eigenvalue weighted by atomic mass is 10.0. The van der Waals surface area contributed by atoms with Gasteiger partial charge in [-0.2, -0.15) is 0 Å². The molecule has 16 heteroatoms. The normalized spacial score (nSPS) is 17.9. The smallest absolute Gasteiger partial charge is 0.328 e. The van der Waals surface area contributed by atoms with E-state index in [-0.39, 0.29) is 11.0 Å². The van der Waals surface area contributed by atoms with Crippen molar-refractivity contribution in [1.29, 1.82) is 0 Å². The van der Waals surface area contributed by atoms with Crippen molar-refractivity contribution in [2.75, 3.05) is 0 Å². The van der Waals surface area contributed by atoms with Crippen molar-refractivity contribution in [2.24, 2.45) is 10.3 Å². The predicted octanol–water partition coefficient (Wildman–Crippen LogP) is -2.04. The largest absolute Gasteiger partial charge is 0.478 e. The quantitative estimate of drug-likeness (QED) is 0.217. The number of benzene rings is 2. The van der Waals surface area contributed by atoms with E-state index in [0.29, 0.717) is 38.1 Å². The van der Waals surface area contributed by atoms with Crippen molar-refractivity contribution in [2.45, 2.75) is 36.7 Å². The van der Waals surface area contributed by atoms with Crippen LogP contribution in [0.2, 0.25) is 0 Å². The molecule has 0 radical (unpaired) electrons. The average molecular weight is 577 g/mol. The molecule has 38 heavy (non-hydrogen) atoms. The van der Waals surface area contributed by atoms with Crippen molar-refractivity contribution in [3.05, 3.63) is 82.9 Å². The van der Waals surface area contributed by atoms with Crippen molar-refractivity contribution >= 4 is 32.0 Å². The van der Waals surface area contributed by atoms with E-state index in [1.165, 1.54) is 0 Å². The predicted molar refractivity (Wildman–Crippen MR) is 139 cm³/mol.